The smallest absolute Gasteiger partial charge is 0.410 e. The number of esters is 1. The van der Waals surface area contributed by atoms with Gasteiger partial charge in [0, 0.05) is 32.6 Å². The number of hydrogen-bond acceptors (Lipinski definition) is 10. The van der Waals surface area contributed by atoms with Crippen molar-refractivity contribution in [3.05, 3.63) is 59.7 Å². The average Bonchev–Trinajstić information content (AvgIpc) is 3.11. The van der Waals surface area contributed by atoms with Crippen molar-refractivity contribution < 1.29 is 46.0 Å². The van der Waals surface area contributed by atoms with E-state index in [1.165, 1.54) is 12.1 Å². The van der Waals surface area contributed by atoms with Crippen molar-refractivity contribution in [1.29, 1.82) is 0 Å². The number of likely N-dealkylation sites (tertiary alicyclic amines) is 2. The first-order valence-corrected chi connectivity index (χ1v) is 20.7. The maximum atomic E-state index is 13.7. The van der Waals surface area contributed by atoms with Crippen LogP contribution < -0.4 is 10.1 Å². The summed E-state index contributed by atoms with van der Waals surface area (Å²) in [7, 11) is -3.92. The molecule has 2 aromatic carbocycles. The molecule has 2 saturated heterocycles. The van der Waals surface area contributed by atoms with Gasteiger partial charge in [-0.2, -0.15) is 8.42 Å². The number of nitrogens with one attached hydrogen (secondary N) is 1. The lowest BCUT2D eigenvalue weighted by molar-refractivity contribution is -0.155. The van der Waals surface area contributed by atoms with E-state index in [-0.39, 0.29) is 42.4 Å². The predicted octanol–water partition coefficient (Wildman–Crippen LogP) is 6.33. The van der Waals surface area contributed by atoms with Gasteiger partial charge in [0.25, 0.3) is 10.1 Å². The molecule has 14 heteroatoms. The second-order valence-electron chi connectivity index (χ2n) is 16.5. The maximum Gasteiger partial charge on any atom is 0.410 e. The van der Waals surface area contributed by atoms with Crippen molar-refractivity contribution in [1.82, 2.24) is 15.1 Å². The summed E-state index contributed by atoms with van der Waals surface area (Å²) >= 11 is 0. The number of nitrogens with zero attached hydrogens (tertiary/aromatic N) is 2. The van der Waals surface area contributed by atoms with Gasteiger partial charge in [-0.25, -0.2) is 4.79 Å². The lowest BCUT2D eigenvalue weighted by Gasteiger charge is -2.35. The molecule has 0 spiro atoms. The Labute approximate surface area is 326 Å². The molecule has 0 aliphatic carbocycles. The average molecular weight is 786 g/mol. The number of piperidine rings is 2. The first-order chi connectivity index (χ1) is 25.8. The Hall–Kier alpha value is -4.17. The van der Waals surface area contributed by atoms with E-state index in [2.05, 4.69) is 5.32 Å². The molecule has 0 radical (unpaired) electrons. The molecule has 2 aromatic rings. The van der Waals surface area contributed by atoms with Crippen molar-refractivity contribution in [3.8, 4) is 5.75 Å². The first-order valence-electron chi connectivity index (χ1n) is 19.2. The van der Waals surface area contributed by atoms with Gasteiger partial charge >= 0.3 is 12.1 Å². The summed E-state index contributed by atoms with van der Waals surface area (Å²) in [6, 6.07) is 12.5. The number of carbonyl (C=O) groups excluding carboxylic acids is 4. The van der Waals surface area contributed by atoms with E-state index >= 15 is 0 Å². The van der Waals surface area contributed by atoms with E-state index in [0.717, 1.165) is 24.8 Å². The Balaban J connectivity index is 1.29. The standard InChI is InChI=1S/C41H59N3O10S/c1-29-10-17-34(18-11-29)55(49,50)52-26-25-51-33-15-13-31(14-16-33)35(27-37(46)53-40(2,3)4)42-38(47)32-9-8-22-44(28-32)36(45)19-12-30-20-23-43(24-21-30)39(48)54-41(5,6)7/h10-11,13-18,30,32,35H,8-9,12,19-28H2,1-7H3,(H,42,47)/t32-,35+/m1/s1. The third kappa shape index (κ3) is 14.4. The molecule has 13 nitrogen and oxygen atoms in total. The van der Waals surface area contributed by atoms with Gasteiger partial charge in [-0.15, -0.1) is 0 Å². The van der Waals surface area contributed by atoms with Crippen molar-refractivity contribution in [2.45, 2.75) is 116 Å². The minimum absolute atomic E-state index is 0.0196. The highest BCUT2D eigenvalue weighted by atomic mass is 32.2. The van der Waals surface area contributed by atoms with Crippen LogP contribution in [0.15, 0.2) is 53.4 Å². The molecular weight excluding hydrogens is 727 g/mol. The van der Waals surface area contributed by atoms with Gasteiger partial charge in [0.2, 0.25) is 11.8 Å². The molecule has 4 rings (SSSR count). The van der Waals surface area contributed by atoms with Gasteiger partial charge < -0.3 is 29.3 Å². The second-order valence-corrected chi connectivity index (χ2v) is 18.1. The molecule has 304 valence electrons. The molecule has 2 aliphatic rings. The zero-order valence-corrected chi connectivity index (χ0v) is 34.2. The van der Waals surface area contributed by atoms with E-state index in [1.807, 2.05) is 27.7 Å². The number of hydrogen-bond donors (Lipinski definition) is 1. The van der Waals surface area contributed by atoms with Crippen LogP contribution in [0.1, 0.15) is 104 Å². The highest BCUT2D eigenvalue weighted by molar-refractivity contribution is 7.86. The fourth-order valence-corrected chi connectivity index (χ4v) is 7.49. The molecular formula is C41H59N3O10S. The zero-order valence-electron chi connectivity index (χ0n) is 33.4. The van der Waals surface area contributed by atoms with Crippen LogP contribution in [0, 0.1) is 18.8 Å². The zero-order chi connectivity index (χ0) is 40.4. The minimum Gasteiger partial charge on any atom is -0.491 e. The fourth-order valence-electron chi connectivity index (χ4n) is 6.60. The van der Waals surface area contributed by atoms with Crippen LogP contribution >= 0.6 is 0 Å². The van der Waals surface area contributed by atoms with E-state index in [0.29, 0.717) is 62.7 Å². The first kappa shape index (κ1) is 43.6. The molecule has 0 aromatic heterocycles. The van der Waals surface area contributed by atoms with Crippen LogP contribution in [0.3, 0.4) is 0 Å². The van der Waals surface area contributed by atoms with Crippen LogP contribution in [0.5, 0.6) is 5.75 Å². The van der Waals surface area contributed by atoms with Crippen LogP contribution in [-0.2, 0) is 38.2 Å². The lowest BCUT2D eigenvalue weighted by Crippen LogP contribution is -2.46. The molecule has 0 bridgehead atoms. The summed E-state index contributed by atoms with van der Waals surface area (Å²) in [4.78, 5) is 56.0. The van der Waals surface area contributed by atoms with E-state index in [1.54, 1.807) is 67.0 Å². The summed E-state index contributed by atoms with van der Waals surface area (Å²) in [5, 5.41) is 3.05. The van der Waals surface area contributed by atoms with Gasteiger partial charge in [0.1, 0.15) is 30.2 Å². The third-order valence-corrected chi connectivity index (χ3v) is 10.8. The molecule has 1 N–H and O–H groups in total. The summed E-state index contributed by atoms with van der Waals surface area (Å²) in [6.07, 6.45) is 3.65. The summed E-state index contributed by atoms with van der Waals surface area (Å²) in [5.74, 6) is -0.334. The maximum absolute atomic E-state index is 13.7. The quantitative estimate of drug-likeness (QED) is 0.130. The number of rotatable bonds is 14. The second kappa shape index (κ2) is 19.1. The molecule has 0 saturated carbocycles. The highest BCUT2D eigenvalue weighted by Crippen LogP contribution is 2.27. The molecule has 2 atom stereocenters. The number of carbonyl (C=O) groups is 4. The van der Waals surface area contributed by atoms with E-state index in [9.17, 15) is 27.6 Å². The Bertz CT molecular complexity index is 1710. The minimum atomic E-state index is -3.92. The lowest BCUT2D eigenvalue weighted by atomic mass is 9.91. The van der Waals surface area contributed by atoms with Crippen molar-refractivity contribution in [2.24, 2.45) is 11.8 Å². The molecule has 2 fully saturated rings. The summed E-state index contributed by atoms with van der Waals surface area (Å²) < 4.78 is 46.8. The number of aryl methyl sites for hydroxylation is 1. The molecule has 3 amide bonds. The SMILES string of the molecule is Cc1ccc(S(=O)(=O)OCCOc2ccc([C@H](CC(=O)OC(C)(C)C)NC(=O)[C@@H]3CCCN(C(=O)CCC4CCN(C(=O)OC(C)(C)C)CC4)C3)cc2)cc1. The van der Waals surface area contributed by atoms with E-state index < -0.39 is 39.2 Å². The number of benzene rings is 2. The Kier molecular flexibility index (Phi) is 15.1. The van der Waals surface area contributed by atoms with Crippen LogP contribution in [0.25, 0.3) is 0 Å². The predicted molar refractivity (Wildman–Crippen MR) is 207 cm³/mol. The normalized spacial score (nSPS) is 17.6. The topological polar surface area (TPSA) is 158 Å². The van der Waals surface area contributed by atoms with Gasteiger partial charge in [-0.3, -0.25) is 18.6 Å². The molecule has 55 heavy (non-hydrogen) atoms. The Morgan fingerprint density at radius 1 is 0.818 bits per heavy atom. The van der Waals surface area contributed by atoms with Crippen molar-refractivity contribution in [3.63, 3.8) is 0 Å². The van der Waals surface area contributed by atoms with Crippen LogP contribution in [0.4, 0.5) is 4.79 Å². The summed E-state index contributed by atoms with van der Waals surface area (Å²) in [6.45, 7) is 14.6. The fraction of sp³-hybridized carbons (Fsp3) is 0.610. The Morgan fingerprint density at radius 3 is 2.07 bits per heavy atom. The summed E-state index contributed by atoms with van der Waals surface area (Å²) in [5.41, 5.74) is 0.341. The Morgan fingerprint density at radius 2 is 1.45 bits per heavy atom. The highest BCUT2D eigenvalue weighted by Gasteiger charge is 2.32. The molecule has 2 aliphatic heterocycles. The van der Waals surface area contributed by atoms with Crippen molar-refractivity contribution in [2.75, 3.05) is 39.4 Å². The van der Waals surface area contributed by atoms with Gasteiger partial charge in [-0.1, -0.05) is 29.8 Å². The van der Waals surface area contributed by atoms with Crippen LogP contribution in [0.2, 0.25) is 0 Å². The van der Waals surface area contributed by atoms with Gasteiger partial charge in [0.05, 0.1) is 23.3 Å². The van der Waals surface area contributed by atoms with Gasteiger partial charge in [-0.05, 0) is 116 Å². The number of amides is 3. The third-order valence-electron chi connectivity index (χ3n) is 9.47. The number of ether oxygens (including phenoxy) is 3. The molecule has 2 heterocycles. The monoisotopic (exact) mass is 785 g/mol. The van der Waals surface area contributed by atoms with Gasteiger partial charge in [0.15, 0.2) is 0 Å². The van der Waals surface area contributed by atoms with Crippen molar-refractivity contribution >= 4 is 34.0 Å². The largest absolute Gasteiger partial charge is 0.491 e. The van der Waals surface area contributed by atoms with Crippen LogP contribution in [-0.4, -0.2) is 92.7 Å². The molecule has 0 unspecified atom stereocenters. The van der Waals surface area contributed by atoms with E-state index in [4.69, 9.17) is 18.4 Å².